The summed E-state index contributed by atoms with van der Waals surface area (Å²) in [4.78, 5) is 12.1. The van der Waals surface area contributed by atoms with Crippen LogP contribution >= 0.6 is 23.2 Å². The maximum absolute atomic E-state index is 12.1. The van der Waals surface area contributed by atoms with Crippen molar-refractivity contribution >= 4 is 40.9 Å². The van der Waals surface area contributed by atoms with Gasteiger partial charge in [0.25, 0.3) is 0 Å². The van der Waals surface area contributed by atoms with Gasteiger partial charge in [-0.1, -0.05) is 29.3 Å². The van der Waals surface area contributed by atoms with Crippen LogP contribution in [0.3, 0.4) is 0 Å². The third-order valence-corrected chi connectivity index (χ3v) is 4.02. The Hall–Kier alpha value is -2.70. The Kier molecular flexibility index (Phi) is 5.11. The van der Waals surface area contributed by atoms with E-state index >= 15 is 0 Å². The second-order valence-electron chi connectivity index (χ2n) is 5.24. The van der Waals surface area contributed by atoms with E-state index in [1.54, 1.807) is 36.4 Å². The van der Waals surface area contributed by atoms with E-state index < -0.39 is 0 Å². The number of benzene rings is 2. The minimum absolute atomic E-state index is 0.289. The molecule has 3 rings (SSSR count). The van der Waals surface area contributed by atoms with E-state index in [4.69, 9.17) is 23.2 Å². The van der Waals surface area contributed by atoms with Crippen LogP contribution in [0.2, 0.25) is 10.0 Å². The molecule has 1 aromatic heterocycles. The lowest BCUT2D eigenvalue weighted by Gasteiger charge is -2.08. The van der Waals surface area contributed by atoms with Crippen LogP contribution in [-0.4, -0.2) is 26.1 Å². The Bertz CT molecular complexity index is 938. The van der Waals surface area contributed by atoms with Crippen LogP contribution in [0.5, 0.6) is 0 Å². The van der Waals surface area contributed by atoms with Gasteiger partial charge in [-0.05, 0) is 64.9 Å². The summed E-state index contributed by atoms with van der Waals surface area (Å²) in [6, 6.07) is 10.5. The van der Waals surface area contributed by atoms with Crippen molar-refractivity contribution in [3.05, 3.63) is 70.0 Å². The summed E-state index contributed by atoms with van der Waals surface area (Å²) in [7, 11) is 0. The molecule has 1 amide bonds. The number of amides is 1. The summed E-state index contributed by atoms with van der Waals surface area (Å²) in [6.45, 7) is 1.93. The number of tetrazole rings is 1. The number of nitrogens with zero attached hydrogens (tertiary/aromatic N) is 4. The molecule has 0 saturated carbocycles. The van der Waals surface area contributed by atoms with Crippen molar-refractivity contribution in [2.75, 3.05) is 5.32 Å². The fourth-order valence-electron chi connectivity index (χ4n) is 2.20. The molecule has 0 aliphatic rings. The number of hydrogen-bond donors (Lipinski definition) is 1. The summed E-state index contributed by atoms with van der Waals surface area (Å²) < 4.78 is 1.53. The lowest BCUT2D eigenvalue weighted by Crippen LogP contribution is -2.09. The highest BCUT2D eigenvalue weighted by molar-refractivity contribution is 6.34. The minimum atomic E-state index is -0.289. The SMILES string of the molecule is Cc1ccc(NC(=O)/C=C/c2cc(Cl)ccc2Cl)cc1-n1cnnn1. The van der Waals surface area contributed by atoms with E-state index in [1.165, 1.54) is 17.1 Å². The van der Waals surface area contributed by atoms with E-state index in [1.807, 2.05) is 13.0 Å². The van der Waals surface area contributed by atoms with Crippen LogP contribution < -0.4 is 5.32 Å². The molecule has 0 atom stereocenters. The van der Waals surface area contributed by atoms with Crippen LogP contribution in [-0.2, 0) is 4.79 Å². The minimum Gasteiger partial charge on any atom is -0.322 e. The number of anilines is 1. The Morgan fingerprint density at radius 3 is 2.80 bits per heavy atom. The predicted octanol–water partition coefficient (Wildman–Crippen LogP) is 3.93. The van der Waals surface area contributed by atoms with Gasteiger partial charge in [-0.2, -0.15) is 0 Å². The largest absolute Gasteiger partial charge is 0.322 e. The summed E-state index contributed by atoms with van der Waals surface area (Å²) in [5.74, 6) is -0.289. The molecule has 8 heteroatoms. The van der Waals surface area contributed by atoms with Crippen LogP contribution in [0.4, 0.5) is 5.69 Å². The van der Waals surface area contributed by atoms with E-state index in [9.17, 15) is 4.79 Å². The second-order valence-corrected chi connectivity index (χ2v) is 6.09. The van der Waals surface area contributed by atoms with Crippen molar-refractivity contribution in [1.29, 1.82) is 0 Å². The zero-order chi connectivity index (χ0) is 17.8. The smallest absolute Gasteiger partial charge is 0.248 e. The van der Waals surface area contributed by atoms with Gasteiger partial charge in [0, 0.05) is 21.8 Å². The highest BCUT2D eigenvalue weighted by Crippen LogP contribution is 2.22. The topological polar surface area (TPSA) is 72.7 Å². The third-order valence-electron chi connectivity index (χ3n) is 3.44. The van der Waals surface area contributed by atoms with Gasteiger partial charge in [-0.25, -0.2) is 4.68 Å². The molecular formula is C17H13Cl2N5O. The van der Waals surface area contributed by atoms with Crippen LogP contribution in [0.25, 0.3) is 11.8 Å². The molecule has 0 fully saturated rings. The normalized spacial score (nSPS) is 11.0. The molecule has 0 saturated heterocycles. The Morgan fingerprint density at radius 1 is 1.20 bits per heavy atom. The maximum atomic E-state index is 12.1. The molecule has 0 aliphatic heterocycles. The van der Waals surface area contributed by atoms with Crippen molar-refractivity contribution in [3.8, 4) is 5.69 Å². The van der Waals surface area contributed by atoms with Crippen molar-refractivity contribution < 1.29 is 4.79 Å². The molecule has 0 unspecified atom stereocenters. The summed E-state index contributed by atoms with van der Waals surface area (Å²) >= 11 is 12.0. The highest BCUT2D eigenvalue weighted by Gasteiger charge is 2.06. The number of nitrogens with one attached hydrogen (secondary N) is 1. The van der Waals surface area contributed by atoms with Gasteiger partial charge in [0.1, 0.15) is 6.33 Å². The van der Waals surface area contributed by atoms with Crippen LogP contribution in [0.15, 0.2) is 48.8 Å². The zero-order valence-corrected chi connectivity index (χ0v) is 14.7. The van der Waals surface area contributed by atoms with Gasteiger partial charge in [0.2, 0.25) is 5.91 Å². The Balaban J connectivity index is 1.76. The van der Waals surface area contributed by atoms with E-state index in [0.717, 1.165) is 11.3 Å². The number of carbonyl (C=O) groups is 1. The predicted molar refractivity (Wildman–Crippen MR) is 98.0 cm³/mol. The lowest BCUT2D eigenvalue weighted by atomic mass is 10.1. The summed E-state index contributed by atoms with van der Waals surface area (Å²) in [5.41, 5.74) is 3.06. The molecule has 0 bridgehead atoms. The summed E-state index contributed by atoms with van der Waals surface area (Å²) in [6.07, 6.45) is 4.50. The number of carbonyl (C=O) groups excluding carboxylic acids is 1. The zero-order valence-electron chi connectivity index (χ0n) is 13.1. The van der Waals surface area contributed by atoms with Gasteiger partial charge >= 0.3 is 0 Å². The van der Waals surface area contributed by atoms with Gasteiger partial charge in [-0.3, -0.25) is 4.79 Å². The van der Waals surface area contributed by atoms with Crippen molar-refractivity contribution in [2.24, 2.45) is 0 Å². The molecule has 6 nitrogen and oxygen atoms in total. The monoisotopic (exact) mass is 373 g/mol. The van der Waals surface area contributed by atoms with Crippen molar-refractivity contribution in [2.45, 2.75) is 6.92 Å². The molecule has 25 heavy (non-hydrogen) atoms. The van der Waals surface area contributed by atoms with Gasteiger partial charge in [0.15, 0.2) is 0 Å². The first-order valence-electron chi connectivity index (χ1n) is 7.31. The summed E-state index contributed by atoms with van der Waals surface area (Å²) in [5, 5.41) is 15.0. The molecule has 1 N–H and O–H groups in total. The van der Waals surface area contributed by atoms with E-state index in [-0.39, 0.29) is 5.91 Å². The fourth-order valence-corrected chi connectivity index (χ4v) is 2.56. The van der Waals surface area contributed by atoms with Crippen LogP contribution in [0.1, 0.15) is 11.1 Å². The average molecular weight is 374 g/mol. The van der Waals surface area contributed by atoms with Gasteiger partial charge in [-0.15, -0.1) is 5.10 Å². The first-order valence-corrected chi connectivity index (χ1v) is 8.06. The fraction of sp³-hybridized carbons (Fsp3) is 0.0588. The molecule has 126 valence electrons. The highest BCUT2D eigenvalue weighted by atomic mass is 35.5. The number of aryl methyl sites for hydroxylation is 1. The molecule has 0 spiro atoms. The molecular weight excluding hydrogens is 361 g/mol. The molecule has 0 radical (unpaired) electrons. The van der Waals surface area contributed by atoms with Crippen molar-refractivity contribution in [1.82, 2.24) is 20.2 Å². The Morgan fingerprint density at radius 2 is 2.04 bits per heavy atom. The number of hydrogen-bond acceptors (Lipinski definition) is 4. The number of aromatic nitrogens is 4. The second kappa shape index (κ2) is 7.46. The van der Waals surface area contributed by atoms with Crippen LogP contribution in [0, 0.1) is 6.92 Å². The first-order chi connectivity index (χ1) is 12.0. The molecule has 3 aromatic rings. The molecule has 2 aromatic carbocycles. The van der Waals surface area contributed by atoms with E-state index in [0.29, 0.717) is 21.3 Å². The number of halogens is 2. The number of rotatable bonds is 4. The maximum Gasteiger partial charge on any atom is 0.248 e. The standard InChI is InChI=1S/C17H13Cl2N5O/c1-11-2-5-14(9-16(11)24-10-20-22-23-24)21-17(25)7-3-12-8-13(18)4-6-15(12)19/h2-10H,1H3,(H,21,25)/b7-3+. The Labute approximate surface area is 154 Å². The quantitative estimate of drug-likeness (QED) is 0.703. The molecule has 0 aliphatic carbocycles. The lowest BCUT2D eigenvalue weighted by molar-refractivity contribution is -0.111. The van der Waals surface area contributed by atoms with Gasteiger partial charge in [0.05, 0.1) is 5.69 Å². The van der Waals surface area contributed by atoms with Gasteiger partial charge < -0.3 is 5.32 Å². The molecule has 1 heterocycles. The first kappa shape index (κ1) is 17.1. The van der Waals surface area contributed by atoms with Crippen molar-refractivity contribution in [3.63, 3.8) is 0 Å². The van der Waals surface area contributed by atoms with E-state index in [2.05, 4.69) is 20.8 Å². The average Bonchev–Trinajstić information content (AvgIpc) is 3.12. The third kappa shape index (κ3) is 4.23.